The van der Waals surface area contributed by atoms with Gasteiger partial charge in [0.1, 0.15) is 0 Å². The maximum Gasteiger partial charge on any atom is 0.0356 e. The molecule has 1 rings (SSSR count). The maximum atomic E-state index is 6.15. The van der Waals surface area contributed by atoms with Crippen LogP contribution < -0.4 is 5.73 Å². The van der Waals surface area contributed by atoms with Gasteiger partial charge in [-0.2, -0.15) is 0 Å². The van der Waals surface area contributed by atoms with Crippen LogP contribution in [0.5, 0.6) is 0 Å². The van der Waals surface area contributed by atoms with Gasteiger partial charge in [0.25, 0.3) is 0 Å². The van der Waals surface area contributed by atoms with Crippen LogP contribution >= 0.6 is 0 Å². The Morgan fingerprint density at radius 2 is 1.78 bits per heavy atom. The molecule has 3 heteroatoms. The molecule has 1 heterocycles. The monoisotopic (exact) mass is 255 g/mol. The minimum Gasteiger partial charge on any atom is -0.329 e. The van der Waals surface area contributed by atoms with Gasteiger partial charge >= 0.3 is 0 Å². The summed E-state index contributed by atoms with van der Waals surface area (Å²) in [6, 6.07) is 0.550. The van der Waals surface area contributed by atoms with Gasteiger partial charge in [-0.15, -0.1) is 0 Å². The Bertz CT molecular complexity index is 249. The molecule has 3 nitrogen and oxygen atoms in total. The van der Waals surface area contributed by atoms with Gasteiger partial charge in [0.05, 0.1) is 0 Å². The third-order valence-corrected chi connectivity index (χ3v) is 5.20. The largest absolute Gasteiger partial charge is 0.329 e. The molecule has 18 heavy (non-hydrogen) atoms. The predicted octanol–water partition coefficient (Wildman–Crippen LogP) is 2.17. The topological polar surface area (TPSA) is 32.5 Å². The van der Waals surface area contributed by atoms with Crippen molar-refractivity contribution in [1.82, 2.24) is 9.80 Å². The van der Waals surface area contributed by atoms with Gasteiger partial charge < -0.3 is 10.6 Å². The van der Waals surface area contributed by atoms with Gasteiger partial charge in [-0.05, 0) is 51.9 Å². The molecule has 1 saturated heterocycles. The lowest BCUT2D eigenvalue weighted by atomic mass is 9.80. The summed E-state index contributed by atoms with van der Waals surface area (Å²) in [5, 5.41) is 0. The first-order chi connectivity index (χ1) is 8.27. The molecule has 0 aromatic carbocycles. The fourth-order valence-electron chi connectivity index (χ4n) is 2.98. The molecule has 1 unspecified atom stereocenters. The molecular formula is C15H33N3. The van der Waals surface area contributed by atoms with Gasteiger partial charge in [-0.3, -0.25) is 4.90 Å². The first-order valence-corrected chi connectivity index (χ1v) is 7.42. The number of hydrogen-bond acceptors (Lipinski definition) is 3. The summed E-state index contributed by atoms with van der Waals surface area (Å²) in [7, 11) is 2.27. The zero-order chi connectivity index (χ0) is 14.0. The van der Waals surface area contributed by atoms with Crippen LogP contribution in [0.4, 0.5) is 0 Å². The third-order valence-electron chi connectivity index (χ3n) is 5.20. The van der Waals surface area contributed by atoms with E-state index in [9.17, 15) is 0 Å². The fraction of sp³-hybridized carbons (Fsp3) is 1.00. The van der Waals surface area contributed by atoms with Crippen molar-refractivity contribution in [3.63, 3.8) is 0 Å². The molecule has 0 radical (unpaired) electrons. The van der Waals surface area contributed by atoms with Crippen LogP contribution in [-0.4, -0.2) is 54.6 Å². The van der Waals surface area contributed by atoms with Gasteiger partial charge in [0, 0.05) is 18.1 Å². The Kier molecular flexibility index (Phi) is 5.22. The Morgan fingerprint density at radius 3 is 2.11 bits per heavy atom. The van der Waals surface area contributed by atoms with Gasteiger partial charge in [0.2, 0.25) is 0 Å². The lowest BCUT2D eigenvalue weighted by molar-refractivity contribution is -0.00979. The van der Waals surface area contributed by atoms with Gasteiger partial charge in [-0.25, -0.2) is 0 Å². The van der Waals surface area contributed by atoms with Crippen molar-refractivity contribution in [2.45, 2.75) is 59.0 Å². The summed E-state index contributed by atoms with van der Waals surface area (Å²) in [6.45, 7) is 15.9. The first-order valence-electron chi connectivity index (χ1n) is 7.42. The quantitative estimate of drug-likeness (QED) is 0.835. The second-order valence-electron chi connectivity index (χ2n) is 7.02. The number of piperidine rings is 1. The van der Waals surface area contributed by atoms with Crippen molar-refractivity contribution >= 4 is 0 Å². The second kappa shape index (κ2) is 5.89. The van der Waals surface area contributed by atoms with E-state index in [1.54, 1.807) is 0 Å². The SMILES string of the molecule is CCN1CCC(CN)(N(C)C(C)C(C)(C)C)CC1. The van der Waals surface area contributed by atoms with E-state index in [-0.39, 0.29) is 5.54 Å². The third kappa shape index (κ3) is 3.25. The molecule has 2 N–H and O–H groups in total. The number of nitrogens with two attached hydrogens (primary N) is 1. The van der Waals surface area contributed by atoms with E-state index < -0.39 is 0 Å². The average Bonchev–Trinajstić information content (AvgIpc) is 2.36. The van der Waals surface area contributed by atoms with E-state index in [1.165, 1.54) is 32.5 Å². The molecular weight excluding hydrogens is 222 g/mol. The highest BCUT2D eigenvalue weighted by atomic mass is 15.2. The molecule has 1 aliphatic rings. The molecule has 0 bridgehead atoms. The summed E-state index contributed by atoms with van der Waals surface area (Å²) in [5.74, 6) is 0. The van der Waals surface area contributed by atoms with Crippen LogP contribution in [0.2, 0.25) is 0 Å². The molecule has 0 aromatic heterocycles. The van der Waals surface area contributed by atoms with Crippen LogP contribution in [0.3, 0.4) is 0 Å². The Balaban J connectivity index is 2.77. The van der Waals surface area contributed by atoms with Crippen LogP contribution in [0.1, 0.15) is 47.5 Å². The zero-order valence-corrected chi connectivity index (χ0v) is 13.3. The van der Waals surface area contributed by atoms with Crippen molar-refractivity contribution in [3.8, 4) is 0 Å². The van der Waals surface area contributed by atoms with E-state index in [1.807, 2.05) is 0 Å². The highest BCUT2D eigenvalue weighted by molar-refractivity contribution is 4.98. The Labute approximate surface area is 114 Å². The van der Waals surface area contributed by atoms with Crippen LogP contribution in [0, 0.1) is 5.41 Å². The molecule has 1 fully saturated rings. The summed E-state index contributed by atoms with van der Waals surface area (Å²) in [5.41, 5.74) is 6.66. The molecule has 1 atom stereocenters. The summed E-state index contributed by atoms with van der Waals surface area (Å²) in [4.78, 5) is 5.09. The lowest BCUT2D eigenvalue weighted by Crippen LogP contribution is -2.62. The average molecular weight is 255 g/mol. The normalized spacial score (nSPS) is 23.3. The zero-order valence-electron chi connectivity index (χ0n) is 13.3. The summed E-state index contributed by atoms with van der Waals surface area (Å²) in [6.07, 6.45) is 2.41. The maximum absolute atomic E-state index is 6.15. The molecule has 0 saturated carbocycles. The lowest BCUT2D eigenvalue weighted by Gasteiger charge is -2.51. The van der Waals surface area contributed by atoms with E-state index in [2.05, 4.69) is 51.5 Å². The first kappa shape index (κ1) is 15.9. The highest BCUT2D eigenvalue weighted by Gasteiger charge is 2.41. The van der Waals surface area contributed by atoms with E-state index >= 15 is 0 Å². The van der Waals surface area contributed by atoms with Gasteiger partial charge in [-0.1, -0.05) is 27.7 Å². The molecule has 0 spiro atoms. The number of likely N-dealkylation sites (N-methyl/N-ethyl adjacent to an activating group) is 1. The van der Waals surface area contributed by atoms with Crippen LogP contribution in [0.25, 0.3) is 0 Å². The van der Waals surface area contributed by atoms with Crippen molar-refractivity contribution in [2.75, 3.05) is 33.2 Å². The van der Waals surface area contributed by atoms with Crippen molar-refractivity contribution in [3.05, 3.63) is 0 Å². The highest BCUT2D eigenvalue weighted by Crippen LogP contribution is 2.33. The standard InChI is InChI=1S/C15H33N3/c1-7-18-10-8-15(12-16,9-11-18)17(6)13(2)14(3,4)5/h13H,7-12,16H2,1-6H3. The number of rotatable bonds is 4. The number of hydrogen-bond donors (Lipinski definition) is 1. The Morgan fingerprint density at radius 1 is 1.28 bits per heavy atom. The second-order valence-corrected chi connectivity index (χ2v) is 7.02. The molecule has 0 amide bonds. The fourth-order valence-corrected chi connectivity index (χ4v) is 2.98. The van der Waals surface area contributed by atoms with E-state index in [4.69, 9.17) is 5.73 Å². The Hall–Kier alpha value is -0.120. The molecule has 0 aliphatic carbocycles. The van der Waals surface area contributed by atoms with Crippen molar-refractivity contribution in [1.29, 1.82) is 0 Å². The van der Waals surface area contributed by atoms with E-state index in [0.717, 1.165) is 6.54 Å². The minimum atomic E-state index is 0.207. The predicted molar refractivity (Wildman–Crippen MR) is 79.8 cm³/mol. The molecule has 108 valence electrons. The van der Waals surface area contributed by atoms with Gasteiger partial charge in [0.15, 0.2) is 0 Å². The van der Waals surface area contributed by atoms with Crippen LogP contribution in [-0.2, 0) is 0 Å². The minimum absolute atomic E-state index is 0.207. The van der Waals surface area contributed by atoms with Crippen molar-refractivity contribution < 1.29 is 0 Å². The molecule has 0 aromatic rings. The van der Waals surface area contributed by atoms with Crippen molar-refractivity contribution in [2.24, 2.45) is 11.1 Å². The summed E-state index contributed by atoms with van der Waals surface area (Å²) < 4.78 is 0. The summed E-state index contributed by atoms with van der Waals surface area (Å²) >= 11 is 0. The molecule has 1 aliphatic heterocycles. The van der Waals surface area contributed by atoms with Crippen LogP contribution in [0.15, 0.2) is 0 Å². The number of nitrogens with zero attached hydrogens (tertiary/aromatic N) is 2. The van der Waals surface area contributed by atoms with E-state index in [0.29, 0.717) is 11.5 Å². The number of likely N-dealkylation sites (tertiary alicyclic amines) is 1. The smallest absolute Gasteiger partial charge is 0.0356 e.